The number of halogens is 1. The molecule has 1 unspecified atom stereocenters. The van der Waals surface area contributed by atoms with Crippen LogP contribution < -0.4 is 10.2 Å². The third kappa shape index (κ3) is 3.30. The number of hydrogen-bond acceptors (Lipinski definition) is 5. The number of hydrogen-bond donors (Lipinski definition) is 1. The fourth-order valence-electron chi connectivity index (χ4n) is 3.56. The standard InChI is InChI=1S/C21H17ClN6O/c22-15-7-4-8-16(11-15)27-10-9-17(20(27)29)25-19-12-18(14-5-2-1-3-6-14)26-21-23-13-24-28(19)21/h1-8,11-13,17,25H,9-10H2. The van der Waals surface area contributed by atoms with E-state index in [-0.39, 0.29) is 11.9 Å². The van der Waals surface area contributed by atoms with Crippen molar-refractivity contribution < 1.29 is 4.79 Å². The Bertz CT molecular complexity index is 1190. The second-order valence-corrected chi connectivity index (χ2v) is 7.26. The van der Waals surface area contributed by atoms with Crippen molar-refractivity contribution >= 4 is 34.8 Å². The van der Waals surface area contributed by atoms with Crippen LogP contribution in [-0.4, -0.2) is 38.1 Å². The van der Waals surface area contributed by atoms with Gasteiger partial charge < -0.3 is 10.2 Å². The maximum Gasteiger partial charge on any atom is 0.254 e. The van der Waals surface area contributed by atoms with Crippen LogP contribution >= 0.6 is 11.6 Å². The Balaban J connectivity index is 1.46. The summed E-state index contributed by atoms with van der Waals surface area (Å²) in [6.45, 7) is 0.619. The fraction of sp³-hybridized carbons (Fsp3) is 0.143. The molecular weight excluding hydrogens is 388 g/mol. The van der Waals surface area contributed by atoms with Crippen molar-refractivity contribution in [1.29, 1.82) is 0 Å². The topological polar surface area (TPSA) is 75.4 Å². The minimum absolute atomic E-state index is 0.00129. The molecule has 1 N–H and O–H groups in total. The Morgan fingerprint density at radius 2 is 1.93 bits per heavy atom. The van der Waals surface area contributed by atoms with Crippen molar-refractivity contribution in [1.82, 2.24) is 19.6 Å². The molecule has 1 amide bonds. The van der Waals surface area contributed by atoms with Crippen LogP contribution in [0.2, 0.25) is 5.02 Å². The third-order valence-corrected chi connectivity index (χ3v) is 5.20. The Morgan fingerprint density at radius 1 is 1.07 bits per heavy atom. The highest BCUT2D eigenvalue weighted by molar-refractivity contribution is 6.31. The summed E-state index contributed by atoms with van der Waals surface area (Å²) in [6.07, 6.45) is 2.13. The summed E-state index contributed by atoms with van der Waals surface area (Å²) in [5, 5.41) is 8.20. The van der Waals surface area contributed by atoms with Gasteiger partial charge in [-0.2, -0.15) is 14.6 Å². The number of benzene rings is 2. The second-order valence-electron chi connectivity index (χ2n) is 6.82. The van der Waals surface area contributed by atoms with Crippen LogP contribution in [0.4, 0.5) is 11.5 Å². The summed E-state index contributed by atoms with van der Waals surface area (Å²) in [7, 11) is 0. The number of rotatable bonds is 4. The maximum absolute atomic E-state index is 13.0. The minimum atomic E-state index is -0.368. The van der Waals surface area contributed by atoms with Crippen LogP contribution in [0.1, 0.15) is 6.42 Å². The van der Waals surface area contributed by atoms with Crippen LogP contribution in [0.25, 0.3) is 17.0 Å². The lowest BCUT2D eigenvalue weighted by Crippen LogP contribution is -2.34. The second kappa shape index (κ2) is 7.18. The van der Waals surface area contributed by atoms with Gasteiger partial charge in [0.05, 0.1) is 5.69 Å². The number of carbonyl (C=O) groups excluding carboxylic acids is 1. The average Bonchev–Trinajstić information content (AvgIpc) is 3.36. The Kier molecular flexibility index (Phi) is 4.37. The molecule has 2 aromatic heterocycles. The van der Waals surface area contributed by atoms with Crippen LogP contribution in [0.5, 0.6) is 0 Å². The molecule has 0 aliphatic carbocycles. The maximum atomic E-state index is 13.0. The summed E-state index contributed by atoms with van der Waals surface area (Å²) >= 11 is 6.09. The molecule has 29 heavy (non-hydrogen) atoms. The lowest BCUT2D eigenvalue weighted by molar-refractivity contribution is -0.117. The summed E-state index contributed by atoms with van der Waals surface area (Å²) < 4.78 is 1.61. The summed E-state index contributed by atoms with van der Waals surface area (Å²) in [6, 6.07) is 18.7. The van der Waals surface area contributed by atoms with Crippen LogP contribution in [-0.2, 0) is 4.79 Å². The molecule has 0 radical (unpaired) electrons. The zero-order chi connectivity index (χ0) is 19.8. The van der Waals surface area contributed by atoms with Crippen LogP contribution in [0.15, 0.2) is 67.0 Å². The van der Waals surface area contributed by atoms with Gasteiger partial charge >= 0.3 is 0 Å². The smallest absolute Gasteiger partial charge is 0.254 e. The van der Waals surface area contributed by atoms with Crippen molar-refractivity contribution in [2.45, 2.75) is 12.5 Å². The Labute approximate surface area is 172 Å². The first-order valence-electron chi connectivity index (χ1n) is 9.29. The molecule has 1 aliphatic heterocycles. The van der Waals surface area contributed by atoms with Gasteiger partial charge in [-0.3, -0.25) is 4.79 Å². The molecule has 2 aromatic carbocycles. The molecule has 0 saturated carbocycles. The van der Waals surface area contributed by atoms with E-state index in [1.165, 1.54) is 6.33 Å². The Morgan fingerprint density at radius 3 is 2.76 bits per heavy atom. The monoisotopic (exact) mass is 404 g/mol. The molecule has 0 bridgehead atoms. The van der Waals surface area contributed by atoms with Gasteiger partial charge in [-0.1, -0.05) is 48.0 Å². The average molecular weight is 405 g/mol. The predicted octanol–water partition coefficient (Wildman–Crippen LogP) is 3.66. The number of nitrogens with zero attached hydrogens (tertiary/aromatic N) is 5. The largest absolute Gasteiger partial charge is 0.358 e. The van der Waals surface area contributed by atoms with E-state index in [0.29, 0.717) is 29.6 Å². The quantitative estimate of drug-likeness (QED) is 0.561. The SMILES string of the molecule is O=C1C(Nc2cc(-c3ccccc3)nc3ncnn23)CCN1c1cccc(Cl)c1. The highest BCUT2D eigenvalue weighted by Crippen LogP contribution is 2.27. The van der Waals surface area contributed by atoms with E-state index in [4.69, 9.17) is 11.6 Å². The lowest BCUT2D eigenvalue weighted by atomic mass is 10.1. The van der Waals surface area contributed by atoms with Crippen LogP contribution in [0, 0.1) is 0 Å². The summed E-state index contributed by atoms with van der Waals surface area (Å²) in [4.78, 5) is 23.6. The van der Waals surface area contributed by atoms with E-state index < -0.39 is 0 Å². The molecule has 1 atom stereocenters. The molecule has 3 heterocycles. The van der Waals surface area contributed by atoms with Crippen molar-refractivity contribution in [3.05, 3.63) is 72.0 Å². The van der Waals surface area contributed by atoms with Gasteiger partial charge in [0.25, 0.3) is 5.78 Å². The minimum Gasteiger partial charge on any atom is -0.358 e. The molecule has 1 saturated heterocycles. The number of carbonyl (C=O) groups is 1. The summed E-state index contributed by atoms with van der Waals surface area (Å²) in [5.41, 5.74) is 2.54. The van der Waals surface area contributed by atoms with Gasteiger partial charge in [0.2, 0.25) is 5.91 Å². The van der Waals surface area contributed by atoms with Crippen molar-refractivity contribution in [3.8, 4) is 11.3 Å². The molecule has 1 fully saturated rings. The molecule has 4 aromatic rings. The number of anilines is 2. The van der Waals surface area contributed by atoms with Crippen LogP contribution in [0.3, 0.4) is 0 Å². The van der Waals surface area contributed by atoms with Gasteiger partial charge in [-0.05, 0) is 24.6 Å². The van der Waals surface area contributed by atoms with Crippen molar-refractivity contribution in [2.24, 2.45) is 0 Å². The number of amides is 1. The van der Waals surface area contributed by atoms with E-state index in [1.807, 2.05) is 48.5 Å². The first-order valence-corrected chi connectivity index (χ1v) is 9.66. The van der Waals surface area contributed by atoms with E-state index in [9.17, 15) is 4.79 Å². The van der Waals surface area contributed by atoms with E-state index in [2.05, 4.69) is 20.4 Å². The Hall–Kier alpha value is -3.45. The first-order chi connectivity index (χ1) is 14.2. The molecule has 7 nitrogen and oxygen atoms in total. The molecule has 5 rings (SSSR count). The van der Waals surface area contributed by atoms with E-state index in [0.717, 1.165) is 16.9 Å². The van der Waals surface area contributed by atoms with E-state index in [1.54, 1.807) is 21.5 Å². The number of aromatic nitrogens is 4. The highest BCUT2D eigenvalue weighted by atomic mass is 35.5. The van der Waals surface area contributed by atoms with Gasteiger partial charge in [-0.25, -0.2) is 4.98 Å². The number of fused-ring (bicyclic) bond motifs is 1. The van der Waals surface area contributed by atoms with Gasteiger partial charge in [0, 0.05) is 28.9 Å². The summed E-state index contributed by atoms with van der Waals surface area (Å²) in [5.74, 6) is 1.15. The fourth-order valence-corrected chi connectivity index (χ4v) is 3.75. The van der Waals surface area contributed by atoms with Gasteiger partial charge in [0.15, 0.2) is 0 Å². The molecule has 1 aliphatic rings. The molecule has 144 valence electrons. The third-order valence-electron chi connectivity index (χ3n) is 4.97. The van der Waals surface area contributed by atoms with Crippen molar-refractivity contribution in [3.63, 3.8) is 0 Å². The molecule has 8 heteroatoms. The van der Waals surface area contributed by atoms with Gasteiger partial charge in [0.1, 0.15) is 18.2 Å². The van der Waals surface area contributed by atoms with E-state index >= 15 is 0 Å². The highest BCUT2D eigenvalue weighted by Gasteiger charge is 2.33. The molecular formula is C21H17ClN6O. The van der Waals surface area contributed by atoms with Gasteiger partial charge in [-0.15, -0.1) is 0 Å². The number of nitrogens with one attached hydrogen (secondary N) is 1. The van der Waals surface area contributed by atoms with Crippen molar-refractivity contribution in [2.75, 3.05) is 16.8 Å². The predicted molar refractivity (Wildman–Crippen MR) is 112 cm³/mol. The zero-order valence-corrected chi connectivity index (χ0v) is 16.1. The first kappa shape index (κ1) is 17.6. The lowest BCUT2D eigenvalue weighted by Gasteiger charge is -2.18. The molecule has 0 spiro atoms. The zero-order valence-electron chi connectivity index (χ0n) is 15.4. The normalized spacial score (nSPS) is 16.5.